The summed E-state index contributed by atoms with van der Waals surface area (Å²) in [5.74, 6) is 2.51. The molecule has 0 aliphatic carbocycles. The number of hydrogen-bond donors (Lipinski definition) is 1. The lowest BCUT2D eigenvalue weighted by Gasteiger charge is -2.39. The molecule has 2 fully saturated rings. The summed E-state index contributed by atoms with van der Waals surface area (Å²) in [6, 6.07) is 20.4. The maximum absolute atomic E-state index is 6.06. The van der Waals surface area contributed by atoms with Crippen LogP contribution in [0.1, 0.15) is 31.2 Å². The minimum Gasteiger partial charge on any atom is -0.486 e. The zero-order chi connectivity index (χ0) is 18.8. The fourth-order valence-electron chi connectivity index (χ4n) is 5.22. The number of piperidine rings is 1. The summed E-state index contributed by atoms with van der Waals surface area (Å²) >= 11 is 0. The molecular weight excluding hydrogens is 348 g/mol. The Morgan fingerprint density at radius 2 is 1.57 bits per heavy atom. The number of rotatable bonds is 6. The van der Waals surface area contributed by atoms with E-state index in [0.717, 1.165) is 49.1 Å². The third-order valence-corrected chi connectivity index (χ3v) is 6.56. The molecule has 3 unspecified atom stereocenters. The molecule has 148 valence electrons. The average molecular weight is 379 g/mol. The molecule has 1 N–H and O–H groups in total. The third-order valence-electron chi connectivity index (χ3n) is 6.56. The van der Waals surface area contributed by atoms with Crippen molar-refractivity contribution < 1.29 is 9.47 Å². The molecule has 3 aliphatic heterocycles. The second-order valence-electron chi connectivity index (χ2n) is 8.54. The molecular formula is C24H30N2O2. The van der Waals surface area contributed by atoms with E-state index in [1.54, 1.807) is 0 Å². The summed E-state index contributed by atoms with van der Waals surface area (Å²) in [4.78, 5) is 2.76. The molecule has 0 saturated carbocycles. The standard InChI is InChI=1S/C24H30N2O2/c1-2-6-18(7-3-1)16-26-20-10-11-21(26)13-19(12-20)14-25-15-22-17-27-23-8-4-5-9-24(23)28-22/h1-9,19-22,25H,10-17H2. The Labute approximate surface area is 167 Å². The van der Waals surface area contributed by atoms with Crippen LogP contribution in [-0.2, 0) is 6.54 Å². The monoisotopic (exact) mass is 378 g/mol. The van der Waals surface area contributed by atoms with Gasteiger partial charge in [0.1, 0.15) is 12.7 Å². The van der Waals surface area contributed by atoms with Crippen LogP contribution in [0.2, 0.25) is 0 Å². The van der Waals surface area contributed by atoms with Crippen LogP contribution in [0.5, 0.6) is 11.5 Å². The Hall–Kier alpha value is -2.04. The van der Waals surface area contributed by atoms with Gasteiger partial charge in [0, 0.05) is 25.2 Å². The van der Waals surface area contributed by atoms with E-state index in [0.29, 0.717) is 6.61 Å². The van der Waals surface area contributed by atoms with Crippen molar-refractivity contribution in [3.05, 3.63) is 60.2 Å². The molecule has 3 atom stereocenters. The quantitative estimate of drug-likeness (QED) is 0.828. The molecule has 3 aliphatic rings. The van der Waals surface area contributed by atoms with Gasteiger partial charge in [-0.15, -0.1) is 0 Å². The first kappa shape index (κ1) is 18.0. The number of benzene rings is 2. The van der Waals surface area contributed by atoms with Crippen LogP contribution < -0.4 is 14.8 Å². The Morgan fingerprint density at radius 3 is 2.36 bits per heavy atom. The van der Waals surface area contributed by atoms with Crippen LogP contribution in [-0.4, -0.2) is 42.8 Å². The van der Waals surface area contributed by atoms with E-state index in [1.807, 2.05) is 24.3 Å². The molecule has 28 heavy (non-hydrogen) atoms. The molecule has 2 aromatic carbocycles. The van der Waals surface area contributed by atoms with Gasteiger partial charge >= 0.3 is 0 Å². The summed E-state index contributed by atoms with van der Waals surface area (Å²) in [5, 5.41) is 3.67. The third kappa shape index (κ3) is 3.89. The minimum absolute atomic E-state index is 0.102. The molecule has 4 nitrogen and oxygen atoms in total. The molecule has 3 heterocycles. The van der Waals surface area contributed by atoms with Crippen molar-refractivity contribution in [1.29, 1.82) is 0 Å². The SMILES string of the molecule is c1ccc(CN2C3CCC2CC(CNCC2COc4ccccc4O2)C3)cc1. The van der Waals surface area contributed by atoms with Crippen LogP contribution in [0.15, 0.2) is 54.6 Å². The van der Waals surface area contributed by atoms with Gasteiger partial charge in [0.15, 0.2) is 11.5 Å². The summed E-state index contributed by atoms with van der Waals surface area (Å²) < 4.78 is 11.9. The van der Waals surface area contributed by atoms with E-state index in [-0.39, 0.29) is 6.10 Å². The summed E-state index contributed by atoms with van der Waals surface area (Å²) in [6.07, 6.45) is 5.47. The maximum Gasteiger partial charge on any atom is 0.161 e. The first-order chi connectivity index (χ1) is 13.8. The molecule has 2 bridgehead atoms. The second kappa shape index (κ2) is 8.14. The largest absolute Gasteiger partial charge is 0.486 e. The van der Waals surface area contributed by atoms with Gasteiger partial charge in [-0.2, -0.15) is 0 Å². The predicted molar refractivity (Wildman–Crippen MR) is 111 cm³/mol. The molecule has 0 aromatic heterocycles. The minimum atomic E-state index is 0.102. The van der Waals surface area contributed by atoms with E-state index in [1.165, 1.54) is 31.2 Å². The highest BCUT2D eigenvalue weighted by Gasteiger charge is 2.40. The number of ether oxygens (including phenoxy) is 2. The van der Waals surface area contributed by atoms with Crippen molar-refractivity contribution in [3.63, 3.8) is 0 Å². The van der Waals surface area contributed by atoms with Crippen molar-refractivity contribution in [2.75, 3.05) is 19.7 Å². The number of hydrogen-bond acceptors (Lipinski definition) is 4. The van der Waals surface area contributed by atoms with Crippen molar-refractivity contribution >= 4 is 0 Å². The molecule has 0 spiro atoms. The number of nitrogens with one attached hydrogen (secondary N) is 1. The lowest BCUT2D eigenvalue weighted by Crippen LogP contribution is -2.46. The first-order valence-electron chi connectivity index (χ1n) is 10.7. The zero-order valence-electron chi connectivity index (χ0n) is 16.4. The Kier molecular flexibility index (Phi) is 5.24. The van der Waals surface area contributed by atoms with Gasteiger partial charge in [-0.25, -0.2) is 0 Å². The van der Waals surface area contributed by atoms with E-state index >= 15 is 0 Å². The van der Waals surface area contributed by atoms with E-state index in [4.69, 9.17) is 9.47 Å². The lowest BCUT2D eigenvalue weighted by atomic mass is 9.90. The Bertz CT molecular complexity index is 767. The average Bonchev–Trinajstić information content (AvgIpc) is 2.96. The molecule has 0 amide bonds. The highest BCUT2D eigenvalue weighted by Crippen LogP contribution is 2.39. The highest BCUT2D eigenvalue weighted by atomic mass is 16.6. The van der Waals surface area contributed by atoms with Gasteiger partial charge in [0.05, 0.1) is 0 Å². The predicted octanol–water partition coefficient (Wildman–Crippen LogP) is 3.86. The highest BCUT2D eigenvalue weighted by molar-refractivity contribution is 5.40. The van der Waals surface area contributed by atoms with Crippen LogP contribution in [0, 0.1) is 5.92 Å². The van der Waals surface area contributed by atoms with Gasteiger partial charge in [-0.1, -0.05) is 42.5 Å². The van der Waals surface area contributed by atoms with Crippen LogP contribution in [0.3, 0.4) is 0 Å². The summed E-state index contributed by atoms with van der Waals surface area (Å²) in [5.41, 5.74) is 1.45. The maximum atomic E-state index is 6.06. The van der Waals surface area contributed by atoms with Crippen LogP contribution in [0.4, 0.5) is 0 Å². The van der Waals surface area contributed by atoms with Gasteiger partial charge in [0.2, 0.25) is 0 Å². The number of fused-ring (bicyclic) bond motifs is 3. The van der Waals surface area contributed by atoms with Crippen LogP contribution in [0.25, 0.3) is 0 Å². The fourth-order valence-corrected chi connectivity index (χ4v) is 5.22. The Morgan fingerprint density at radius 1 is 0.857 bits per heavy atom. The van der Waals surface area contributed by atoms with Crippen molar-refractivity contribution in [2.24, 2.45) is 5.92 Å². The normalized spacial score (nSPS) is 29.0. The van der Waals surface area contributed by atoms with Crippen molar-refractivity contribution in [1.82, 2.24) is 10.2 Å². The number of para-hydroxylation sites is 2. The second-order valence-corrected chi connectivity index (χ2v) is 8.54. The zero-order valence-corrected chi connectivity index (χ0v) is 16.4. The van der Waals surface area contributed by atoms with Crippen LogP contribution >= 0.6 is 0 Å². The topological polar surface area (TPSA) is 33.7 Å². The molecule has 5 rings (SSSR count). The van der Waals surface area contributed by atoms with Gasteiger partial charge in [-0.05, 0) is 55.8 Å². The van der Waals surface area contributed by atoms with E-state index < -0.39 is 0 Å². The Balaban J connectivity index is 1.09. The summed E-state index contributed by atoms with van der Waals surface area (Å²) in [7, 11) is 0. The van der Waals surface area contributed by atoms with Gasteiger partial charge in [0.25, 0.3) is 0 Å². The van der Waals surface area contributed by atoms with Crippen molar-refractivity contribution in [3.8, 4) is 11.5 Å². The number of nitrogens with zero attached hydrogens (tertiary/aromatic N) is 1. The smallest absolute Gasteiger partial charge is 0.161 e. The van der Waals surface area contributed by atoms with Gasteiger partial charge in [-0.3, -0.25) is 4.90 Å². The lowest BCUT2D eigenvalue weighted by molar-refractivity contribution is 0.0799. The molecule has 2 saturated heterocycles. The molecule has 0 radical (unpaired) electrons. The molecule has 4 heteroatoms. The van der Waals surface area contributed by atoms with Gasteiger partial charge < -0.3 is 14.8 Å². The molecule has 2 aromatic rings. The van der Waals surface area contributed by atoms with E-state index in [2.05, 4.69) is 40.5 Å². The summed E-state index contributed by atoms with van der Waals surface area (Å²) in [6.45, 7) is 3.69. The fraction of sp³-hybridized carbons (Fsp3) is 0.500. The van der Waals surface area contributed by atoms with E-state index in [9.17, 15) is 0 Å². The van der Waals surface area contributed by atoms with Crippen molar-refractivity contribution in [2.45, 2.75) is 50.4 Å². The first-order valence-corrected chi connectivity index (χ1v) is 10.7.